The van der Waals surface area contributed by atoms with Crippen molar-refractivity contribution in [1.29, 1.82) is 0 Å². The molecule has 0 unspecified atom stereocenters. The second-order valence-corrected chi connectivity index (χ2v) is 6.05. The molecule has 1 rings (SSSR count). The number of anilines is 1. The molecule has 0 heterocycles. The molecule has 1 aromatic rings. The molecule has 0 atom stereocenters. The van der Waals surface area contributed by atoms with Crippen LogP contribution in [0, 0.1) is 5.41 Å². The Morgan fingerprint density at radius 1 is 1.21 bits per heavy atom. The third-order valence-corrected chi connectivity index (χ3v) is 2.98. The van der Waals surface area contributed by atoms with Gasteiger partial charge in [0.05, 0.1) is 7.11 Å². The average molecular weight is 344 g/mol. The zero-order chi connectivity index (χ0) is 18.3. The lowest BCUT2D eigenvalue weighted by Crippen LogP contribution is -2.36. The van der Waals surface area contributed by atoms with Crippen molar-refractivity contribution >= 4 is 17.5 Å². The molecule has 6 nitrogen and oxygen atoms in total. The van der Waals surface area contributed by atoms with E-state index in [2.05, 4.69) is 15.4 Å². The number of methoxy groups -OCH3 is 1. The van der Waals surface area contributed by atoms with Crippen molar-refractivity contribution in [3.05, 3.63) is 18.2 Å². The zero-order valence-electron chi connectivity index (χ0n) is 14.1. The number of benzene rings is 1. The van der Waals surface area contributed by atoms with Gasteiger partial charge in [0.1, 0.15) is 0 Å². The lowest BCUT2D eigenvalue weighted by atomic mass is 9.96. The fourth-order valence-corrected chi connectivity index (χ4v) is 1.72. The number of hydrogen-bond acceptors (Lipinski definition) is 4. The molecule has 8 heteroatoms. The standard InChI is InChI=1S/C16H22F2N2O4/c1-16(2,3)14(22)19-8-7-13(21)20-10-5-6-11(23-4)12(9-10)24-15(17)18/h5-6,9,15H,7-8H2,1-4H3,(H,19,22)(H,20,21). The van der Waals surface area contributed by atoms with Crippen molar-refractivity contribution in [3.63, 3.8) is 0 Å². The topological polar surface area (TPSA) is 76.7 Å². The molecule has 2 amide bonds. The summed E-state index contributed by atoms with van der Waals surface area (Å²) in [6.07, 6.45) is 0.0545. The van der Waals surface area contributed by atoms with Crippen LogP contribution in [0.1, 0.15) is 27.2 Å². The zero-order valence-corrected chi connectivity index (χ0v) is 14.1. The number of carbonyl (C=O) groups excluding carboxylic acids is 2. The Morgan fingerprint density at radius 3 is 2.42 bits per heavy atom. The summed E-state index contributed by atoms with van der Waals surface area (Å²) in [5.74, 6) is -0.568. The Kier molecular flexibility index (Phi) is 6.94. The van der Waals surface area contributed by atoms with E-state index in [4.69, 9.17) is 4.74 Å². The summed E-state index contributed by atoms with van der Waals surface area (Å²) < 4.78 is 34.0. The minimum Gasteiger partial charge on any atom is -0.493 e. The van der Waals surface area contributed by atoms with Crippen LogP contribution in [0.2, 0.25) is 0 Å². The van der Waals surface area contributed by atoms with Crippen LogP contribution in [0.4, 0.5) is 14.5 Å². The van der Waals surface area contributed by atoms with Gasteiger partial charge in [0.25, 0.3) is 0 Å². The van der Waals surface area contributed by atoms with E-state index in [9.17, 15) is 18.4 Å². The highest BCUT2D eigenvalue weighted by atomic mass is 19.3. The fraction of sp³-hybridized carbons (Fsp3) is 0.500. The van der Waals surface area contributed by atoms with Gasteiger partial charge in [0, 0.05) is 30.1 Å². The smallest absolute Gasteiger partial charge is 0.387 e. The molecule has 0 bridgehead atoms. The third kappa shape index (κ3) is 6.39. The van der Waals surface area contributed by atoms with Crippen molar-refractivity contribution in [1.82, 2.24) is 5.32 Å². The monoisotopic (exact) mass is 344 g/mol. The normalized spacial score (nSPS) is 11.1. The summed E-state index contributed by atoms with van der Waals surface area (Å²) in [7, 11) is 1.32. The maximum Gasteiger partial charge on any atom is 0.387 e. The molecular weight excluding hydrogens is 322 g/mol. The summed E-state index contributed by atoms with van der Waals surface area (Å²) in [5, 5.41) is 5.20. The highest BCUT2D eigenvalue weighted by Crippen LogP contribution is 2.31. The van der Waals surface area contributed by atoms with Crippen molar-refractivity contribution in [2.45, 2.75) is 33.8 Å². The summed E-state index contributed by atoms with van der Waals surface area (Å²) in [6.45, 7) is 2.48. The summed E-state index contributed by atoms with van der Waals surface area (Å²) in [4.78, 5) is 23.5. The van der Waals surface area contributed by atoms with E-state index in [0.29, 0.717) is 5.69 Å². The molecule has 134 valence electrons. The number of rotatable bonds is 7. The first-order valence-electron chi connectivity index (χ1n) is 7.34. The van der Waals surface area contributed by atoms with Crippen LogP contribution in [0.15, 0.2) is 18.2 Å². The predicted molar refractivity (Wildman–Crippen MR) is 85.3 cm³/mol. The van der Waals surface area contributed by atoms with Gasteiger partial charge in [-0.2, -0.15) is 8.78 Å². The Bertz CT molecular complexity index is 586. The van der Waals surface area contributed by atoms with Gasteiger partial charge in [-0.05, 0) is 12.1 Å². The van der Waals surface area contributed by atoms with Crippen LogP contribution in [0.3, 0.4) is 0 Å². The van der Waals surface area contributed by atoms with Crippen LogP contribution >= 0.6 is 0 Å². The number of ether oxygens (including phenoxy) is 2. The van der Waals surface area contributed by atoms with Crippen molar-refractivity contribution < 1.29 is 27.8 Å². The molecule has 0 saturated carbocycles. The molecule has 0 spiro atoms. The summed E-state index contributed by atoms with van der Waals surface area (Å²) in [6, 6.07) is 4.16. The lowest BCUT2D eigenvalue weighted by molar-refractivity contribution is -0.128. The van der Waals surface area contributed by atoms with Gasteiger partial charge in [0.15, 0.2) is 11.5 Å². The number of hydrogen-bond donors (Lipinski definition) is 2. The quantitative estimate of drug-likeness (QED) is 0.797. The van der Waals surface area contributed by atoms with E-state index < -0.39 is 12.0 Å². The number of amides is 2. The van der Waals surface area contributed by atoms with E-state index in [-0.39, 0.29) is 36.3 Å². The first-order valence-corrected chi connectivity index (χ1v) is 7.34. The van der Waals surface area contributed by atoms with Crippen LogP contribution in [-0.4, -0.2) is 32.1 Å². The minimum absolute atomic E-state index is 0.0545. The molecule has 0 aliphatic heterocycles. The van der Waals surface area contributed by atoms with E-state index in [1.54, 1.807) is 20.8 Å². The predicted octanol–water partition coefficient (Wildman–Crippen LogP) is 2.79. The molecule has 0 aliphatic carbocycles. The molecule has 0 aliphatic rings. The maximum absolute atomic E-state index is 12.4. The van der Waals surface area contributed by atoms with Gasteiger partial charge in [-0.25, -0.2) is 0 Å². The van der Waals surface area contributed by atoms with Crippen LogP contribution in [0.5, 0.6) is 11.5 Å². The number of alkyl halides is 2. The van der Waals surface area contributed by atoms with E-state index in [1.165, 1.54) is 25.3 Å². The summed E-state index contributed by atoms with van der Waals surface area (Å²) >= 11 is 0. The Hall–Kier alpha value is -2.38. The largest absolute Gasteiger partial charge is 0.493 e. The van der Waals surface area contributed by atoms with Gasteiger partial charge in [-0.1, -0.05) is 20.8 Å². The third-order valence-electron chi connectivity index (χ3n) is 2.98. The van der Waals surface area contributed by atoms with Gasteiger partial charge in [-0.15, -0.1) is 0 Å². The highest BCUT2D eigenvalue weighted by Gasteiger charge is 2.20. The van der Waals surface area contributed by atoms with Gasteiger partial charge >= 0.3 is 6.61 Å². The fourth-order valence-electron chi connectivity index (χ4n) is 1.72. The second-order valence-electron chi connectivity index (χ2n) is 6.05. The Balaban J connectivity index is 2.59. The van der Waals surface area contributed by atoms with Gasteiger partial charge < -0.3 is 20.1 Å². The number of carbonyl (C=O) groups is 2. The van der Waals surface area contributed by atoms with Crippen LogP contribution < -0.4 is 20.1 Å². The van der Waals surface area contributed by atoms with Gasteiger partial charge in [-0.3, -0.25) is 9.59 Å². The van der Waals surface area contributed by atoms with Crippen molar-refractivity contribution in [2.24, 2.45) is 5.41 Å². The second kappa shape index (κ2) is 8.47. The maximum atomic E-state index is 12.4. The first-order chi connectivity index (χ1) is 11.1. The first kappa shape index (κ1) is 19.7. The minimum atomic E-state index is -3.00. The van der Waals surface area contributed by atoms with Gasteiger partial charge in [0.2, 0.25) is 11.8 Å². The molecule has 0 radical (unpaired) electrons. The van der Waals surface area contributed by atoms with Crippen LogP contribution in [-0.2, 0) is 9.59 Å². The molecule has 0 fully saturated rings. The molecular formula is C16H22F2N2O4. The van der Waals surface area contributed by atoms with Crippen LogP contribution in [0.25, 0.3) is 0 Å². The van der Waals surface area contributed by atoms with Crippen molar-refractivity contribution in [2.75, 3.05) is 19.0 Å². The molecule has 0 aromatic heterocycles. The summed E-state index contributed by atoms with van der Waals surface area (Å²) in [5.41, 5.74) is -0.243. The molecule has 0 saturated heterocycles. The van der Waals surface area contributed by atoms with Crippen molar-refractivity contribution in [3.8, 4) is 11.5 Å². The highest BCUT2D eigenvalue weighted by molar-refractivity contribution is 5.91. The van der Waals surface area contributed by atoms with E-state index in [1.807, 2.05) is 0 Å². The molecule has 2 N–H and O–H groups in total. The lowest BCUT2D eigenvalue weighted by Gasteiger charge is -2.17. The van der Waals surface area contributed by atoms with E-state index >= 15 is 0 Å². The SMILES string of the molecule is COc1ccc(NC(=O)CCNC(=O)C(C)(C)C)cc1OC(F)F. The average Bonchev–Trinajstić information content (AvgIpc) is 2.45. The molecule has 1 aromatic carbocycles. The van der Waals surface area contributed by atoms with E-state index in [0.717, 1.165) is 0 Å². The number of halogens is 2. The number of nitrogens with one attached hydrogen (secondary N) is 2. The Morgan fingerprint density at radius 2 is 1.88 bits per heavy atom. The molecule has 24 heavy (non-hydrogen) atoms. The Labute approximate surface area is 139 Å².